The van der Waals surface area contributed by atoms with Gasteiger partial charge in [0.2, 0.25) is 0 Å². The Kier molecular flexibility index (Phi) is 3.77. The average Bonchev–Trinajstić information content (AvgIpc) is 3.18. The number of carbonyl (C=O) groups is 1. The van der Waals surface area contributed by atoms with E-state index in [1.165, 1.54) is 11.1 Å². The van der Waals surface area contributed by atoms with Crippen LogP contribution in [0.2, 0.25) is 0 Å². The fourth-order valence-corrected chi connectivity index (χ4v) is 4.07. The van der Waals surface area contributed by atoms with Gasteiger partial charge in [0.15, 0.2) is 0 Å². The van der Waals surface area contributed by atoms with Crippen molar-refractivity contribution in [2.45, 2.75) is 12.0 Å². The minimum absolute atomic E-state index is 0.00709. The van der Waals surface area contributed by atoms with Crippen LogP contribution >= 0.6 is 0 Å². The van der Waals surface area contributed by atoms with Crippen LogP contribution in [-0.4, -0.2) is 33.1 Å². The van der Waals surface area contributed by atoms with Crippen LogP contribution in [0.1, 0.15) is 33.4 Å². The molecule has 4 heteroatoms. The molecule has 3 atom stereocenters. The fourth-order valence-electron chi connectivity index (χ4n) is 4.07. The quantitative estimate of drug-likeness (QED) is 0.913. The van der Waals surface area contributed by atoms with Crippen LogP contribution in [-0.2, 0) is 0 Å². The minimum atomic E-state index is 0.00709. The van der Waals surface area contributed by atoms with Crippen molar-refractivity contribution in [3.05, 3.63) is 65.2 Å². The first-order chi connectivity index (χ1) is 11.6. The molecular weight excluding hydrogens is 298 g/mol. The molecule has 0 radical (unpaired) electrons. The Balaban J connectivity index is 1.57. The Labute approximate surface area is 142 Å². The number of carbonyl (C=O) groups excluding carboxylic acids is 1. The Hall–Kier alpha value is -2.33. The number of benzene rings is 2. The number of anilines is 1. The molecule has 0 spiro atoms. The molecule has 0 unspecified atom stereocenters. The van der Waals surface area contributed by atoms with E-state index >= 15 is 0 Å². The van der Waals surface area contributed by atoms with Crippen molar-refractivity contribution in [3.8, 4) is 0 Å². The number of fused-ring (bicyclic) bond motifs is 3. The summed E-state index contributed by atoms with van der Waals surface area (Å²) in [5.41, 5.74) is 4.48. The van der Waals surface area contributed by atoms with E-state index in [0.717, 1.165) is 18.8 Å². The zero-order chi connectivity index (χ0) is 16.7. The maximum atomic E-state index is 12.7. The van der Waals surface area contributed by atoms with Gasteiger partial charge in [-0.2, -0.15) is 0 Å². The summed E-state index contributed by atoms with van der Waals surface area (Å²) >= 11 is 0. The molecule has 2 aromatic carbocycles. The molecule has 1 saturated heterocycles. The van der Waals surface area contributed by atoms with Crippen LogP contribution in [0.5, 0.6) is 0 Å². The van der Waals surface area contributed by atoms with Crippen LogP contribution in [0.25, 0.3) is 0 Å². The topological polar surface area (TPSA) is 44.4 Å². The van der Waals surface area contributed by atoms with Crippen LogP contribution in [0.15, 0.2) is 48.5 Å². The van der Waals surface area contributed by atoms with Gasteiger partial charge >= 0.3 is 0 Å². The molecule has 2 aromatic rings. The highest BCUT2D eigenvalue weighted by atomic mass is 16.1. The van der Waals surface area contributed by atoms with E-state index in [2.05, 4.69) is 34.9 Å². The molecule has 1 aliphatic heterocycles. The van der Waals surface area contributed by atoms with Gasteiger partial charge in [0.05, 0.1) is 6.04 Å². The maximum absolute atomic E-state index is 12.7. The number of hydrogen-bond acceptors (Lipinski definition) is 3. The predicted molar refractivity (Wildman–Crippen MR) is 96.5 cm³/mol. The summed E-state index contributed by atoms with van der Waals surface area (Å²) < 4.78 is 0. The first kappa shape index (κ1) is 15.2. The number of nitrogens with zero attached hydrogens (tertiary/aromatic N) is 1. The van der Waals surface area contributed by atoms with E-state index in [0.29, 0.717) is 17.4 Å². The molecule has 24 heavy (non-hydrogen) atoms. The second-order valence-corrected chi connectivity index (χ2v) is 6.95. The van der Waals surface area contributed by atoms with Crippen molar-refractivity contribution < 1.29 is 4.79 Å². The van der Waals surface area contributed by atoms with Crippen molar-refractivity contribution in [1.82, 2.24) is 10.6 Å². The Bertz CT molecular complexity index is 754. The van der Waals surface area contributed by atoms with Gasteiger partial charge < -0.3 is 15.5 Å². The molecule has 4 rings (SSSR count). The Morgan fingerprint density at radius 2 is 1.75 bits per heavy atom. The van der Waals surface area contributed by atoms with Crippen LogP contribution in [0.3, 0.4) is 0 Å². The molecule has 1 aliphatic carbocycles. The van der Waals surface area contributed by atoms with Crippen molar-refractivity contribution in [3.63, 3.8) is 0 Å². The fraction of sp³-hybridized carbons (Fsp3) is 0.350. The molecular formula is C20H23N3O. The lowest BCUT2D eigenvalue weighted by Crippen LogP contribution is -2.33. The summed E-state index contributed by atoms with van der Waals surface area (Å²) in [4.78, 5) is 14.8. The first-order valence-electron chi connectivity index (χ1n) is 8.53. The SMILES string of the molecule is CN(C)c1ccc(C(=O)N[C@H]2c3ccccc3[C@@H]3CNC[C@@H]32)cc1. The highest BCUT2D eigenvalue weighted by Crippen LogP contribution is 2.46. The summed E-state index contributed by atoms with van der Waals surface area (Å²) in [6.07, 6.45) is 0. The number of hydrogen-bond donors (Lipinski definition) is 2. The minimum Gasteiger partial charge on any atom is -0.378 e. The van der Waals surface area contributed by atoms with E-state index in [1.54, 1.807) is 0 Å². The highest BCUT2D eigenvalue weighted by Gasteiger charge is 2.43. The van der Waals surface area contributed by atoms with E-state index in [4.69, 9.17) is 0 Å². The van der Waals surface area contributed by atoms with E-state index in [1.807, 2.05) is 43.3 Å². The van der Waals surface area contributed by atoms with Crippen molar-refractivity contribution >= 4 is 11.6 Å². The summed E-state index contributed by atoms with van der Waals surface area (Å²) in [6.45, 7) is 1.97. The summed E-state index contributed by atoms with van der Waals surface area (Å²) in [7, 11) is 4.00. The third-order valence-electron chi connectivity index (χ3n) is 5.35. The summed E-state index contributed by atoms with van der Waals surface area (Å²) in [5.74, 6) is 0.975. The molecule has 1 amide bonds. The molecule has 124 valence electrons. The lowest BCUT2D eigenvalue weighted by atomic mass is 9.94. The molecule has 0 aromatic heterocycles. The maximum Gasteiger partial charge on any atom is 0.251 e. The molecule has 0 saturated carbocycles. The van der Waals surface area contributed by atoms with Gasteiger partial charge in [-0.25, -0.2) is 0 Å². The highest BCUT2D eigenvalue weighted by molar-refractivity contribution is 5.95. The number of rotatable bonds is 3. The van der Waals surface area contributed by atoms with E-state index in [-0.39, 0.29) is 11.9 Å². The van der Waals surface area contributed by atoms with Gasteiger partial charge in [0.1, 0.15) is 0 Å². The van der Waals surface area contributed by atoms with Crippen LogP contribution < -0.4 is 15.5 Å². The Morgan fingerprint density at radius 1 is 1.04 bits per heavy atom. The van der Waals surface area contributed by atoms with Gasteiger partial charge in [-0.15, -0.1) is 0 Å². The Morgan fingerprint density at radius 3 is 2.46 bits per heavy atom. The third kappa shape index (κ3) is 2.47. The number of amides is 1. The van der Waals surface area contributed by atoms with Crippen LogP contribution in [0.4, 0.5) is 5.69 Å². The molecule has 4 nitrogen and oxygen atoms in total. The normalized spacial score (nSPS) is 24.3. The van der Waals surface area contributed by atoms with Gasteiger partial charge in [0.25, 0.3) is 5.91 Å². The standard InChI is InChI=1S/C20H23N3O/c1-23(2)14-9-7-13(8-10-14)20(24)22-19-16-6-4-3-5-15(16)17-11-21-12-18(17)19/h3-10,17-19,21H,11-12H2,1-2H3,(H,22,24)/t17-,18-,19-/m0/s1. The number of nitrogens with one attached hydrogen (secondary N) is 2. The largest absolute Gasteiger partial charge is 0.378 e. The van der Waals surface area contributed by atoms with E-state index < -0.39 is 0 Å². The smallest absolute Gasteiger partial charge is 0.251 e. The molecule has 0 bridgehead atoms. The van der Waals surface area contributed by atoms with Crippen molar-refractivity contribution in [2.24, 2.45) is 5.92 Å². The van der Waals surface area contributed by atoms with Gasteiger partial charge in [-0.3, -0.25) is 4.79 Å². The van der Waals surface area contributed by atoms with Gasteiger partial charge in [0, 0.05) is 50.3 Å². The molecule has 2 aliphatic rings. The first-order valence-corrected chi connectivity index (χ1v) is 8.53. The van der Waals surface area contributed by atoms with Crippen molar-refractivity contribution in [1.29, 1.82) is 0 Å². The summed E-state index contributed by atoms with van der Waals surface area (Å²) in [5, 5.41) is 6.75. The lowest BCUT2D eigenvalue weighted by molar-refractivity contribution is 0.0926. The van der Waals surface area contributed by atoms with Crippen LogP contribution in [0, 0.1) is 5.92 Å². The second-order valence-electron chi connectivity index (χ2n) is 6.95. The molecule has 2 N–H and O–H groups in total. The molecule has 1 heterocycles. The van der Waals surface area contributed by atoms with Gasteiger partial charge in [-0.05, 0) is 35.4 Å². The van der Waals surface area contributed by atoms with Gasteiger partial charge in [-0.1, -0.05) is 24.3 Å². The lowest BCUT2D eigenvalue weighted by Gasteiger charge is -2.21. The predicted octanol–water partition coefficient (Wildman–Crippen LogP) is 2.54. The zero-order valence-corrected chi connectivity index (χ0v) is 14.1. The summed E-state index contributed by atoms with van der Waals surface area (Å²) in [6, 6.07) is 16.4. The second kappa shape index (κ2) is 5.95. The average molecular weight is 321 g/mol. The third-order valence-corrected chi connectivity index (χ3v) is 5.35. The monoisotopic (exact) mass is 321 g/mol. The van der Waals surface area contributed by atoms with Crippen molar-refractivity contribution in [2.75, 3.05) is 32.1 Å². The zero-order valence-electron chi connectivity index (χ0n) is 14.1. The van der Waals surface area contributed by atoms with E-state index in [9.17, 15) is 4.79 Å². The molecule has 1 fully saturated rings.